The van der Waals surface area contributed by atoms with Crippen molar-refractivity contribution < 1.29 is 0 Å². The SMILES string of the molecule is CC(c1ccccc1Cl)N(C)Cc1c(N)cccc1Cl. The minimum atomic E-state index is 0.180. The van der Waals surface area contributed by atoms with E-state index in [1.165, 1.54) is 0 Å². The first-order valence-corrected chi connectivity index (χ1v) is 7.24. The number of nitrogens with two attached hydrogens (primary N) is 1. The van der Waals surface area contributed by atoms with Crippen LogP contribution in [0.2, 0.25) is 10.0 Å². The first-order valence-electron chi connectivity index (χ1n) is 6.48. The largest absolute Gasteiger partial charge is 0.398 e. The van der Waals surface area contributed by atoms with Crippen molar-refractivity contribution in [3.8, 4) is 0 Å². The number of nitrogens with zero attached hydrogens (tertiary/aromatic N) is 1. The zero-order valence-electron chi connectivity index (χ0n) is 11.6. The molecular weight excluding hydrogens is 291 g/mol. The number of rotatable bonds is 4. The Kier molecular flexibility index (Phi) is 4.92. The summed E-state index contributed by atoms with van der Waals surface area (Å²) in [7, 11) is 2.04. The summed E-state index contributed by atoms with van der Waals surface area (Å²) in [5, 5.41) is 1.47. The molecule has 0 aromatic heterocycles. The van der Waals surface area contributed by atoms with Gasteiger partial charge in [0, 0.05) is 33.9 Å². The van der Waals surface area contributed by atoms with Crippen molar-refractivity contribution >= 4 is 28.9 Å². The van der Waals surface area contributed by atoms with Gasteiger partial charge in [-0.1, -0.05) is 47.5 Å². The topological polar surface area (TPSA) is 29.3 Å². The molecule has 0 spiro atoms. The van der Waals surface area contributed by atoms with Crippen molar-refractivity contribution in [3.05, 3.63) is 63.6 Å². The molecule has 0 fully saturated rings. The summed E-state index contributed by atoms with van der Waals surface area (Å²) < 4.78 is 0. The van der Waals surface area contributed by atoms with Gasteiger partial charge in [-0.3, -0.25) is 4.90 Å². The van der Waals surface area contributed by atoms with Crippen LogP contribution in [0, 0.1) is 0 Å². The maximum absolute atomic E-state index is 6.25. The second kappa shape index (κ2) is 6.49. The maximum Gasteiger partial charge on any atom is 0.0471 e. The van der Waals surface area contributed by atoms with E-state index in [2.05, 4.69) is 11.8 Å². The highest BCUT2D eigenvalue weighted by molar-refractivity contribution is 6.32. The van der Waals surface area contributed by atoms with Crippen LogP contribution in [0.3, 0.4) is 0 Å². The maximum atomic E-state index is 6.25. The molecule has 2 aromatic rings. The van der Waals surface area contributed by atoms with Crippen LogP contribution in [0.25, 0.3) is 0 Å². The Bertz CT molecular complexity index is 579. The van der Waals surface area contributed by atoms with Gasteiger partial charge < -0.3 is 5.73 Å². The molecule has 0 saturated heterocycles. The van der Waals surface area contributed by atoms with Crippen molar-refractivity contribution in [1.29, 1.82) is 0 Å². The normalized spacial score (nSPS) is 12.7. The van der Waals surface area contributed by atoms with E-state index in [9.17, 15) is 0 Å². The molecule has 106 valence electrons. The van der Waals surface area contributed by atoms with E-state index in [-0.39, 0.29) is 6.04 Å². The molecule has 0 bridgehead atoms. The number of anilines is 1. The van der Waals surface area contributed by atoms with Gasteiger partial charge >= 0.3 is 0 Å². The molecule has 0 saturated carbocycles. The Morgan fingerprint density at radius 3 is 2.35 bits per heavy atom. The first-order chi connectivity index (χ1) is 9.50. The molecule has 1 unspecified atom stereocenters. The van der Waals surface area contributed by atoms with Crippen molar-refractivity contribution in [2.75, 3.05) is 12.8 Å². The lowest BCUT2D eigenvalue weighted by molar-refractivity contribution is 0.253. The average Bonchev–Trinajstić information content (AvgIpc) is 2.42. The van der Waals surface area contributed by atoms with Crippen LogP contribution in [0.4, 0.5) is 5.69 Å². The highest BCUT2D eigenvalue weighted by atomic mass is 35.5. The number of halogens is 2. The molecule has 0 amide bonds. The minimum Gasteiger partial charge on any atom is -0.398 e. The third-order valence-electron chi connectivity index (χ3n) is 3.58. The van der Waals surface area contributed by atoms with Crippen LogP contribution in [0.1, 0.15) is 24.1 Å². The quantitative estimate of drug-likeness (QED) is 0.824. The van der Waals surface area contributed by atoms with Gasteiger partial charge in [-0.05, 0) is 37.7 Å². The summed E-state index contributed by atoms with van der Waals surface area (Å²) in [5.74, 6) is 0. The molecule has 0 aliphatic carbocycles. The van der Waals surface area contributed by atoms with E-state index in [1.54, 1.807) is 0 Å². The lowest BCUT2D eigenvalue weighted by atomic mass is 10.1. The predicted molar refractivity (Wildman–Crippen MR) is 87.2 cm³/mol. The monoisotopic (exact) mass is 308 g/mol. The van der Waals surface area contributed by atoms with Crippen LogP contribution in [0.15, 0.2) is 42.5 Å². The van der Waals surface area contributed by atoms with E-state index in [0.717, 1.165) is 21.8 Å². The highest BCUT2D eigenvalue weighted by Crippen LogP contribution is 2.30. The first kappa shape index (κ1) is 15.2. The van der Waals surface area contributed by atoms with Crippen LogP contribution in [-0.2, 0) is 6.54 Å². The fourth-order valence-corrected chi connectivity index (χ4v) is 2.72. The summed E-state index contributed by atoms with van der Waals surface area (Å²) in [5.41, 5.74) is 8.77. The molecule has 2 nitrogen and oxygen atoms in total. The molecule has 2 rings (SSSR count). The Morgan fingerprint density at radius 2 is 1.70 bits per heavy atom. The van der Waals surface area contributed by atoms with E-state index in [1.807, 2.05) is 49.5 Å². The smallest absolute Gasteiger partial charge is 0.0471 e. The second-order valence-electron chi connectivity index (χ2n) is 4.92. The average molecular weight is 309 g/mol. The van der Waals surface area contributed by atoms with E-state index in [0.29, 0.717) is 11.6 Å². The van der Waals surface area contributed by atoms with E-state index >= 15 is 0 Å². The van der Waals surface area contributed by atoms with Gasteiger partial charge in [-0.2, -0.15) is 0 Å². The second-order valence-corrected chi connectivity index (χ2v) is 5.73. The zero-order chi connectivity index (χ0) is 14.7. The highest BCUT2D eigenvalue weighted by Gasteiger charge is 2.16. The van der Waals surface area contributed by atoms with Gasteiger partial charge in [0.2, 0.25) is 0 Å². The third kappa shape index (κ3) is 3.26. The molecule has 2 N–H and O–H groups in total. The summed E-state index contributed by atoms with van der Waals surface area (Å²) in [4.78, 5) is 2.18. The zero-order valence-corrected chi connectivity index (χ0v) is 13.1. The van der Waals surface area contributed by atoms with Crippen molar-refractivity contribution in [1.82, 2.24) is 4.90 Å². The van der Waals surface area contributed by atoms with Crippen LogP contribution in [-0.4, -0.2) is 11.9 Å². The lowest BCUT2D eigenvalue weighted by Crippen LogP contribution is -2.23. The van der Waals surface area contributed by atoms with Crippen molar-refractivity contribution in [3.63, 3.8) is 0 Å². The summed E-state index contributed by atoms with van der Waals surface area (Å²) in [6.45, 7) is 2.80. The fourth-order valence-electron chi connectivity index (χ4n) is 2.18. The lowest BCUT2D eigenvalue weighted by Gasteiger charge is -2.26. The number of nitrogen functional groups attached to an aromatic ring is 1. The summed E-state index contributed by atoms with van der Waals surface area (Å²) in [6, 6.07) is 13.7. The van der Waals surface area contributed by atoms with Crippen LogP contribution < -0.4 is 5.73 Å². The summed E-state index contributed by atoms with van der Waals surface area (Å²) in [6.07, 6.45) is 0. The Hall–Kier alpha value is -1.22. The number of benzene rings is 2. The van der Waals surface area contributed by atoms with Crippen molar-refractivity contribution in [2.45, 2.75) is 19.5 Å². The predicted octanol–water partition coefficient (Wildman–Crippen LogP) is 4.77. The molecule has 4 heteroatoms. The standard InChI is InChI=1S/C16H18Cl2N2/c1-11(12-6-3-4-7-14(12)17)20(2)10-13-15(18)8-5-9-16(13)19/h3-9,11H,10,19H2,1-2H3. The van der Waals surface area contributed by atoms with Gasteiger partial charge in [0.15, 0.2) is 0 Å². The van der Waals surface area contributed by atoms with Crippen LogP contribution >= 0.6 is 23.2 Å². The molecule has 0 aliphatic rings. The van der Waals surface area contributed by atoms with Gasteiger partial charge in [-0.15, -0.1) is 0 Å². The number of hydrogen-bond acceptors (Lipinski definition) is 2. The Balaban J connectivity index is 2.20. The minimum absolute atomic E-state index is 0.180. The molecular formula is C16H18Cl2N2. The molecule has 2 aromatic carbocycles. The molecule has 20 heavy (non-hydrogen) atoms. The van der Waals surface area contributed by atoms with Crippen molar-refractivity contribution in [2.24, 2.45) is 0 Å². The van der Waals surface area contributed by atoms with Gasteiger partial charge in [0.1, 0.15) is 0 Å². The Morgan fingerprint density at radius 1 is 1.05 bits per heavy atom. The molecule has 0 aliphatic heterocycles. The van der Waals surface area contributed by atoms with E-state index in [4.69, 9.17) is 28.9 Å². The Labute approximate surface area is 130 Å². The van der Waals surface area contributed by atoms with Gasteiger partial charge in [-0.25, -0.2) is 0 Å². The van der Waals surface area contributed by atoms with Crippen LogP contribution in [0.5, 0.6) is 0 Å². The summed E-state index contributed by atoms with van der Waals surface area (Å²) >= 11 is 12.5. The molecule has 0 heterocycles. The molecule has 1 atom stereocenters. The van der Waals surface area contributed by atoms with Gasteiger partial charge in [0.05, 0.1) is 0 Å². The van der Waals surface area contributed by atoms with E-state index < -0.39 is 0 Å². The number of hydrogen-bond donors (Lipinski definition) is 1. The molecule has 0 radical (unpaired) electrons. The fraction of sp³-hybridized carbons (Fsp3) is 0.250. The third-order valence-corrected chi connectivity index (χ3v) is 4.28. The van der Waals surface area contributed by atoms with Gasteiger partial charge in [0.25, 0.3) is 0 Å².